The highest BCUT2D eigenvalue weighted by atomic mass is 16.6. The molecule has 0 heterocycles. The summed E-state index contributed by atoms with van der Waals surface area (Å²) in [5.74, 6) is -1.06. The molecule has 0 spiro atoms. The summed E-state index contributed by atoms with van der Waals surface area (Å²) in [4.78, 5) is 37.8. The molecule has 1 atom stereocenters. The molecule has 0 rings (SSSR count). The molecule has 0 aromatic carbocycles. The Balaban J connectivity index is 4.59. The van der Waals surface area contributed by atoms with E-state index in [4.69, 9.17) is 14.2 Å². The molecule has 0 aromatic heterocycles. The summed E-state index contributed by atoms with van der Waals surface area (Å²) in [7, 11) is 0. The van der Waals surface area contributed by atoms with Crippen LogP contribution in [0.4, 0.5) is 0 Å². The maximum absolute atomic E-state index is 12.7. The molecular formula is C53H82O6. The summed E-state index contributed by atoms with van der Waals surface area (Å²) in [5.41, 5.74) is 0. The van der Waals surface area contributed by atoms with Gasteiger partial charge < -0.3 is 14.2 Å². The molecule has 0 saturated carbocycles. The predicted octanol–water partition coefficient (Wildman–Crippen LogP) is 15.0. The van der Waals surface area contributed by atoms with Gasteiger partial charge in [-0.15, -0.1) is 0 Å². The van der Waals surface area contributed by atoms with E-state index < -0.39 is 12.1 Å². The van der Waals surface area contributed by atoms with Crippen molar-refractivity contribution in [3.05, 3.63) is 122 Å². The lowest BCUT2D eigenvalue weighted by atomic mass is 10.1. The van der Waals surface area contributed by atoms with Crippen LogP contribution in [-0.4, -0.2) is 37.2 Å². The zero-order valence-electron chi connectivity index (χ0n) is 37.5. The molecule has 6 nitrogen and oxygen atoms in total. The van der Waals surface area contributed by atoms with E-state index in [1.165, 1.54) is 32.1 Å². The van der Waals surface area contributed by atoms with E-state index in [-0.39, 0.29) is 31.6 Å². The lowest BCUT2D eigenvalue weighted by Gasteiger charge is -2.18. The molecule has 1 unspecified atom stereocenters. The normalized spacial score (nSPS) is 13.2. The average molecular weight is 815 g/mol. The maximum atomic E-state index is 12.7. The van der Waals surface area contributed by atoms with Crippen molar-refractivity contribution in [2.45, 2.75) is 181 Å². The average Bonchev–Trinajstić information content (AvgIpc) is 3.23. The monoisotopic (exact) mass is 815 g/mol. The van der Waals surface area contributed by atoms with E-state index in [1.807, 2.05) is 54.7 Å². The number of ether oxygens (including phenoxy) is 3. The fourth-order valence-electron chi connectivity index (χ4n) is 5.63. The Hall–Kier alpha value is -4.19. The molecule has 0 amide bonds. The van der Waals surface area contributed by atoms with Crippen LogP contribution >= 0.6 is 0 Å². The first-order valence-electron chi connectivity index (χ1n) is 23.1. The summed E-state index contributed by atoms with van der Waals surface area (Å²) in [5, 5.41) is 0. The summed E-state index contributed by atoms with van der Waals surface area (Å²) < 4.78 is 16.6. The topological polar surface area (TPSA) is 78.9 Å². The second-order valence-electron chi connectivity index (χ2n) is 14.7. The molecule has 6 heteroatoms. The maximum Gasteiger partial charge on any atom is 0.306 e. The highest BCUT2D eigenvalue weighted by molar-refractivity contribution is 5.71. The van der Waals surface area contributed by atoms with E-state index in [0.717, 1.165) is 96.3 Å². The van der Waals surface area contributed by atoms with Crippen molar-refractivity contribution in [1.29, 1.82) is 0 Å². The highest BCUT2D eigenvalue weighted by Gasteiger charge is 2.19. The van der Waals surface area contributed by atoms with Crippen LogP contribution in [0.3, 0.4) is 0 Å². The molecule has 59 heavy (non-hydrogen) atoms. The van der Waals surface area contributed by atoms with Crippen molar-refractivity contribution in [2.24, 2.45) is 0 Å². The second-order valence-corrected chi connectivity index (χ2v) is 14.7. The Kier molecular flexibility index (Phi) is 43.2. The van der Waals surface area contributed by atoms with Crippen molar-refractivity contribution in [3.63, 3.8) is 0 Å². The largest absolute Gasteiger partial charge is 0.462 e. The van der Waals surface area contributed by atoms with Gasteiger partial charge in [0.05, 0.1) is 0 Å². The number of rotatable bonds is 39. The van der Waals surface area contributed by atoms with Gasteiger partial charge in [0.1, 0.15) is 13.2 Å². The predicted molar refractivity (Wildman–Crippen MR) is 251 cm³/mol. The first-order chi connectivity index (χ1) is 29.0. The van der Waals surface area contributed by atoms with E-state index in [0.29, 0.717) is 19.3 Å². The molecule has 0 aliphatic carbocycles. The van der Waals surface area contributed by atoms with E-state index in [2.05, 4.69) is 87.6 Å². The Morgan fingerprint density at radius 2 is 0.763 bits per heavy atom. The van der Waals surface area contributed by atoms with Gasteiger partial charge in [-0.05, 0) is 96.3 Å². The summed E-state index contributed by atoms with van der Waals surface area (Å²) in [6.07, 6.45) is 63.3. The summed E-state index contributed by atoms with van der Waals surface area (Å²) >= 11 is 0. The van der Waals surface area contributed by atoms with Crippen molar-refractivity contribution in [3.8, 4) is 0 Å². The molecule has 0 saturated heterocycles. The lowest BCUT2D eigenvalue weighted by Crippen LogP contribution is -2.30. The van der Waals surface area contributed by atoms with E-state index >= 15 is 0 Å². The number of unbranched alkanes of at least 4 members (excludes halogenated alkanes) is 12. The Morgan fingerprint density at radius 1 is 0.373 bits per heavy atom. The van der Waals surface area contributed by atoms with E-state index in [9.17, 15) is 14.4 Å². The zero-order chi connectivity index (χ0) is 43.0. The Labute approximate surface area is 361 Å². The minimum atomic E-state index is -0.833. The number of hydrogen-bond acceptors (Lipinski definition) is 6. The fourth-order valence-corrected chi connectivity index (χ4v) is 5.63. The van der Waals surface area contributed by atoms with Crippen molar-refractivity contribution < 1.29 is 28.6 Å². The van der Waals surface area contributed by atoms with Crippen LogP contribution < -0.4 is 0 Å². The standard InChI is InChI=1S/C53H82O6/c1-4-7-10-13-16-19-22-25-26-27-29-31-34-37-40-43-46-52(55)58-49-50(48-57-51(54)45-42-39-36-33-30-24-21-18-15-12-9-6-3)59-53(56)47-44-41-38-35-32-28-23-20-17-14-11-8-5-2/h7-8,10-11,14,16-21,23,25-26,28-29,31-32,35,38,50H,4-6,9,12-13,15,22,24,27,30,33-34,36-37,39-49H2,1-3H3/b10-7-,11-8-,17-14-,19-16-,21-18-,23-20-,26-25-,31-29-,32-28-,38-35-. The van der Waals surface area contributed by atoms with Crippen molar-refractivity contribution in [2.75, 3.05) is 13.2 Å². The third-order valence-corrected chi connectivity index (χ3v) is 9.06. The Morgan fingerprint density at radius 3 is 1.31 bits per heavy atom. The molecule has 0 aliphatic heterocycles. The third kappa shape index (κ3) is 44.8. The van der Waals surface area contributed by atoms with Gasteiger partial charge in [0.2, 0.25) is 0 Å². The van der Waals surface area contributed by atoms with Gasteiger partial charge in [-0.3, -0.25) is 14.4 Å². The third-order valence-electron chi connectivity index (χ3n) is 9.06. The number of esters is 3. The first-order valence-corrected chi connectivity index (χ1v) is 23.1. The molecule has 0 radical (unpaired) electrons. The molecule has 0 aliphatic rings. The highest BCUT2D eigenvalue weighted by Crippen LogP contribution is 2.11. The molecule has 0 fully saturated rings. The van der Waals surface area contributed by atoms with Gasteiger partial charge in [0.15, 0.2) is 6.10 Å². The molecule has 330 valence electrons. The van der Waals surface area contributed by atoms with Crippen LogP contribution in [0, 0.1) is 0 Å². The van der Waals surface area contributed by atoms with Crippen LogP contribution in [-0.2, 0) is 28.6 Å². The van der Waals surface area contributed by atoms with Crippen LogP contribution in [0.1, 0.15) is 175 Å². The van der Waals surface area contributed by atoms with Crippen molar-refractivity contribution >= 4 is 17.9 Å². The van der Waals surface area contributed by atoms with Gasteiger partial charge in [0, 0.05) is 19.3 Å². The smallest absolute Gasteiger partial charge is 0.306 e. The summed E-state index contributed by atoms with van der Waals surface area (Å²) in [6, 6.07) is 0. The van der Waals surface area contributed by atoms with Crippen molar-refractivity contribution in [1.82, 2.24) is 0 Å². The van der Waals surface area contributed by atoms with Crippen LogP contribution in [0.5, 0.6) is 0 Å². The molecular weight excluding hydrogens is 733 g/mol. The number of hydrogen-bond donors (Lipinski definition) is 0. The van der Waals surface area contributed by atoms with Gasteiger partial charge in [0.25, 0.3) is 0 Å². The van der Waals surface area contributed by atoms with Gasteiger partial charge in [-0.1, -0.05) is 181 Å². The van der Waals surface area contributed by atoms with Gasteiger partial charge >= 0.3 is 17.9 Å². The quantitative estimate of drug-likeness (QED) is 0.0202. The minimum absolute atomic E-state index is 0.125. The van der Waals surface area contributed by atoms with E-state index in [1.54, 1.807) is 0 Å². The van der Waals surface area contributed by atoms with Gasteiger partial charge in [-0.2, -0.15) is 0 Å². The van der Waals surface area contributed by atoms with Crippen LogP contribution in [0.15, 0.2) is 122 Å². The van der Waals surface area contributed by atoms with Crippen LogP contribution in [0.25, 0.3) is 0 Å². The summed E-state index contributed by atoms with van der Waals surface area (Å²) in [6.45, 7) is 6.22. The number of allylic oxidation sites excluding steroid dienone is 20. The van der Waals surface area contributed by atoms with Crippen LogP contribution in [0.2, 0.25) is 0 Å². The zero-order valence-corrected chi connectivity index (χ0v) is 37.5. The lowest BCUT2D eigenvalue weighted by molar-refractivity contribution is -0.167. The second kappa shape index (κ2) is 46.5. The van der Waals surface area contributed by atoms with Gasteiger partial charge in [-0.25, -0.2) is 0 Å². The molecule has 0 N–H and O–H groups in total. The Bertz CT molecular complexity index is 1300. The molecule has 0 aromatic rings. The fraction of sp³-hybridized carbons (Fsp3) is 0.566. The number of carbonyl (C=O) groups is 3. The molecule has 0 bridgehead atoms. The first kappa shape index (κ1) is 54.8. The minimum Gasteiger partial charge on any atom is -0.462 e. The SMILES string of the molecule is CC\C=C/C=C\C=C/C=C\C=C/CCCC(=O)OC(COC(=O)CCCCC/C=C\C/C=C\C/C=C\C/C=C\CC)COC(=O)CCCCCCC/C=C\CCCCC. The number of carbonyl (C=O) groups excluding carboxylic acids is 3.